The molecule has 84 valence electrons. The molecule has 2 rings (SSSR count). The summed E-state index contributed by atoms with van der Waals surface area (Å²) in [7, 11) is 0. The first-order chi connectivity index (χ1) is 7.74. The fraction of sp³-hybridized carbons (Fsp3) is 0.364. The smallest absolute Gasteiger partial charge is 0.125 e. The first kappa shape index (κ1) is 11.2. The molecular weight excluding hydrogens is 220 g/mol. The van der Waals surface area contributed by atoms with Gasteiger partial charge in [-0.05, 0) is 19.9 Å². The van der Waals surface area contributed by atoms with E-state index in [0.29, 0.717) is 0 Å². The Hall–Kier alpha value is -1.33. The van der Waals surface area contributed by atoms with Gasteiger partial charge in [0.2, 0.25) is 0 Å². The van der Waals surface area contributed by atoms with Crippen molar-refractivity contribution in [1.29, 1.82) is 0 Å². The number of rotatable bonds is 4. The molecule has 0 radical (unpaired) electrons. The maximum atomic E-state index is 4.32. The second-order valence-corrected chi connectivity index (χ2v) is 4.88. The van der Waals surface area contributed by atoms with E-state index in [1.807, 2.05) is 19.2 Å². The van der Waals surface area contributed by atoms with Crippen LogP contribution >= 0.6 is 11.3 Å². The van der Waals surface area contributed by atoms with Gasteiger partial charge in [0, 0.05) is 30.4 Å². The lowest BCUT2D eigenvalue weighted by Crippen LogP contribution is -2.13. The highest BCUT2D eigenvalue weighted by Gasteiger charge is 1.99. The quantitative estimate of drug-likeness (QED) is 0.877. The Morgan fingerprint density at radius 1 is 1.25 bits per heavy atom. The Morgan fingerprint density at radius 3 is 2.81 bits per heavy atom. The Kier molecular flexibility index (Phi) is 3.58. The van der Waals surface area contributed by atoms with E-state index in [2.05, 4.69) is 27.2 Å². The van der Waals surface area contributed by atoms with Gasteiger partial charge in [-0.3, -0.25) is 0 Å². The van der Waals surface area contributed by atoms with Crippen molar-refractivity contribution in [1.82, 2.24) is 20.3 Å². The summed E-state index contributed by atoms with van der Waals surface area (Å²) in [5.41, 5.74) is 1.01. The highest BCUT2D eigenvalue weighted by Crippen LogP contribution is 2.10. The third-order valence-corrected chi connectivity index (χ3v) is 3.00. The van der Waals surface area contributed by atoms with Crippen LogP contribution in [0.2, 0.25) is 0 Å². The minimum atomic E-state index is 0.752. The van der Waals surface area contributed by atoms with Gasteiger partial charge in [0.1, 0.15) is 10.8 Å². The van der Waals surface area contributed by atoms with E-state index >= 15 is 0 Å². The molecule has 0 saturated carbocycles. The summed E-state index contributed by atoms with van der Waals surface area (Å²) in [5, 5.41) is 4.43. The summed E-state index contributed by atoms with van der Waals surface area (Å²) in [5.74, 6) is 0.810. The molecule has 4 nitrogen and oxygen atoms in total. The van der Waals surface area contributed by atoms with Gasteiger partial charge < -0.3 is 5.32 Å². The normalized spacial score (nSPS) is 10.6. The molecule has 0 bridgehead atoms. The minimum Gasteiger partial charge on any atom is -0.305 e. The standard InChI is InChI=1S/C11H14N4S/c1-8-5-14-11(16-8)7-12-6-10-3-4-13-9(2)15-10/h3-5,12H,6-7H2,1-2H3. The molecule has 0 amide bonds. The predicted molar refractivity (Wildman–Crippen MR) is 64.2 cm³/mol. The van der Waals surface area contributed by atoms with Crippen molar-refractivity contribution in [3.8, 4) is 0 Å². The Balaban J connectivity index is 1.84. The van der Waals surface area contributed by atoms with Crippen LogP contribution < -0.4 is 5.32 Å². The lowest BCUT2D eigenvalue weighted by Gasteiger charge is -2.02. The zero-order valence-corrected chi connectivity index (χ0v) is 10.2. The number of thiazole rings is 1. The van der Waals surface area contributed by atoms with Crippen LogP contribution in [0.5, 0.6) is 0 Å². The molecule has 0 unspecified atom stereocenters. The molecule has 0 fully saturated rings. The molecule has 1 N–H and O–H groups in total. The van der Waals surface area contributed by atoms with E-state index in [1.54, 1.807) is 17.5 Å². The molecule has 0 aliphatic rings. The number of hydrogen-bond donors (Lipinski definition) is 1. The van der Waals surface area contributed by atoms with Crippen molar-refractivity contribution in [3.05, 3.63) is 39.9 Å². The van der Waals surface area contributed by atoms with E-state index in [9.17, 15) is 0 Å². The monoisotopic (exact) mass is 234 g/mol. The second-order valence-electron chi connectivity index (χ2n) is 3.56. The largest absolute Gasteiger partial charge is 0.305 e. The van der Waals surface area contributed by atoms with Crippen LogP contribution in [0.25, 0.3) is 0 Å². The maximum absolute atomic E-state index is 4.32. The van der Waals surface area contributed by atoms with E-state index in [-0.39, 0.29) is 0 Å². The summed E-state index contributed by atoms with van der Waals surface area (Å²) in [6, 6.07) is 1.92. The topological polar surface area (TPSA) is 50.7 Å². The lowest BCUT2D eigenvalue weighted by atomic mass is 10.4. The van der Waals surface area contributed by atoms with E-state index in [0.717, 1.165) is 29.6 Å². The average Bonchev–Trinajstić information content (AvgIpc) is 2.64. The highest BCUT2D eigenvalue weighted by atomic mass is 32.1. The SMILES string of the molecule is Cc1nccc(CNCc2ncc(C)s2)n1. The Bertz CT molecular complexity index is 467. The van der Waals surface area contributed by atoms with Crippen LogP contribution in [0, 0.1) is 13.8 Å². The summed E-state index contributed by atoms with van der Waals surface area (Å²) in [6.45, 7) is 5.51. The predicted octanol–water partition coefficient (Wildman–Crippen LogP) is 1.84. The van der Waals surface area contributed by atoms with Crippen LogP contribution in [0.1, 0.15) is 21.4 Å². The van der Waals surface area contributed by atoms with Crippen LogP contribution in [0.15, 0.2) is 18.5 Å². The van der Waals surface area contributed by atoms with Gasteiger partial charge in [0.05, 0.1) is 5.69 Å². The van der Waals surface area contributed by atoms with E-state index < -0.39 is 0 Å². The van der Waals surface area contributed by atoms with Gasteiger partial charge in [-0.15, -0.1) is 11.3 Å². The Morgan fingerprint density at radius 2 is 2.12 bits per heavy atom. The van der Waals surface area contributed by atoms with Gasteiger partial charge in [-0.1, -0.05) is 0 Å². The van der Waals surface area contributed by atoms with Crippen molar-refractivity contribution < 1.29 is 0 Å². The molecule has 0 saturated heterocycles. The number of aryl methyl sites for hydroxylation is 2. The molecule has 5 heteroatoms. The van der Waals surface area contributed by atoms with Crippen LogP contribution in [-0.4, -0.2) is 15.0 Å². The number of nitrogens with one attached hydrogen (secondary N) is 1. The van der Waals surface area contributed by atoms with Crippen LogP contribution in [0.3, 0.4) is 0 Å². The molecule has 2 heterocycles. The van der Waals surface area contributed by atoms with Gasteiger partial charge in [0.15, 0.2) is 0 Å². The summed E-state index contributed by atoms with van der Waals surface area (Å²) in [4.78, 5) is 13.9. The fourth-order valence-electron chi connectivity index (χ4n) is 1.38. The van der Waals surface area contributed by atoms with Crippen LogP contribution in [-0.2, 0) is 13.1 Å². The zero-order chi connectivity index (χ0) is 11.4. The molecular formula is C11H14N4S. The van der Waals surface area contributed by atoms with E-state index in [4.69, 9.17) is 0 Å². The first-order valence-electron chi connectivity index (χ1n) is 5.14. The lowest BCUT2D eigenvalue weighted by molar-refractivity contribution is 0.672. The summed E-state index contributed by atoms with van der Waals surface area (Å²) < 4.78 is 0. The third kappa shape index (κ3) is 3.08. The van der Waals surface area contributed by atoms with Gasteiger partial charge in [-0.25, -0.2) is 15.0 Å². The van der Waals surface area contributed by atoms with E-state index in [1.165, 1.54) is 4.88 Å². The number of aromatic nitrogens is 3. The number of hydrogen-bond acceptors (Lipinski definition) is 5. The number of nitrogens with zero attached hydrogens (tertiary/aromatic N) is 3. The van der Waals surface area contributed by atoms with Gasteiger partial charge in [-0.2, -0.15) is 0 Å². The third-order valence-electron chi connectivity index (χ3n) is 2.09. The summed E-state index contributed by atoms with van der Waals surface area (Å²) >= 11 is 1.72. The fourth-order valence-corrected chi connectivity index (χ4v) is 2.14. The molecule has 2 aromatic heterocycles. The second kappa shape index (κ2) is 5.14. The highest BCUT2D eigenvalue weighted by molar-refractivity contribution is 7.11. The van der Waals surface area contributed by atoms with Crippen molar-refractivity contribution in [2.24, 2.45) is 0 Å². The Labute approximate surface area is 98.8 Å². The van der Waals surface area contributed by atoms with Crippen molar-refractivity contribution in [3.63, 3.8) is 0 Å². The van der Waals surface area contributed by atoms with Gasteiger partial charge >= 0.3 is 0 Å². The van der Waals surface area contributed by atoms with Crippen LogP contribution in [0.4, 0.5) is 0 Å². The first-order valence-corrected chi connectivity index (χ1v) is 5.96. The maximum Gasteiger partial charge on any atom is 0.125 e. The van der Waals surface area contributed by atoms with Crippen molar-refractivity contribution in [2.75, 3.05) is 0 Å². The average molecular weight is 234 g/mol. The van der Waals surface area contributed by atoms with Gasteiger partial charge in [0.25, 0.3) is 0 Å². The summed E-state index contributed by atoms with van der Waals surface area (Å²) in [6.07, 6.45) is 3.68. The zero-order valence-electron chi connectivity index (χ0n) is 9.40. The molecule has 0 aliphatic carbocycles. The van der Waals surface area contributed by atoms with Crippen molar-refractivity contribution in [2.45, 2.75) is 26.9 Å². The molecule has 0 atom stereocenters. The van der Waals surface area contributed by atoms with Crippen molar-refractivity contribution >= 4 is 11.3 Å². The molecule has 16 heavy (non-hydrogen) atoms. The molecule has 2 aromatic rings. The molecule has 0 spiro atoms. The molecule has 0 aromatic carbocycles. The minimum absolute atomic E-state index is 0.752. The molecule has 0 aliphatic heterocycles.